The van der Waals surface area contributed by atoms with Gasteiger partial charge in [0.05, 0.1) is 13.0 Å². The van der Waals surface area contributed by atoms with Crippen molar-refractivity contribution in [2.75, 3.05) is 6.61 Å². The Balaban J connectivity index is 0.00000256. The SMILES string of the molecule is CCOC(=O)CC(N)c1ccc(Cl)cc1Cl.Cl. The van der Waals surface area contributed by atoms with Crippen molar-refractivity contribution in [3.8, 4) is 0 Å². The van der Waals surface area contributed by atoms with E-state index < -0.39 is 6.04 Å². The number of nitrogens with two attached hydrogens (primary N) is 1. The summed E-state index contributed by atoms with van der Waals surface area (Å²) in [4.78, 5) is 11.2. The van der Waals surface area contributed by atoms with Crippen molar-refractivity contribution in [2.45, 2.75) is 19.4 Å². The van der Waals surface area contributed by atoms with Crippen LogP contribution < -0.4 is 5.73 Å². The van der Waals surface area contributed by atoms with Crippen LogP contribution in [0.15, 0.2) is 18.2 Å². The molecule has 3 nitrogen and oxygen atoms in total. The van der Waals surface area contributed by atoms with Crippen LogP contribution in [-0.2, 0) is 9.53 Å². The Kier molecular flexibility index (Phi) is 7.55. The molecule has 0 amide bonds. The molecule has 0 fully saturated rings. The summed E-state index contributed by atoms with van der Waals surface area (Å²) in [5, 5.41) is 1.00. The fourth-order valence-corrected chi connectivity index (χ4v) is 1.86. The van der Waals surface area contributed by atoms with E-state index in [9.17, 15) is 4.79 Å². The van der Waals surface area contributed by atoms with E-state index in [0.717, 1.165) is 0 Å². The summed E-state index contributed by atoms with van der Waals surface area (Å²) in [6, 6.07) is 4.54. The Morgan fingerprint density at radius 2 is 2.12 bits per heavy atom. The monoisotopic (exact) mass is 297 g/mol. The number of hydrogen-bond donors (Lipinski definition) is 1. The summed E-state index contributed by atoms with van der Waals surface area (Å²) in [6.07, 6.45) is 0.106. The number of halogens is 3. The van der Waals surface area contributed by atoms with Crippen LogP contribution in [0.3, 0.4) is 0 Å². The van der Waals surface area contributed by atoms with Crippen LogP contribution in [0, 0.1) is 0 Å². The lowest BCUT2D eigenvalue weighted by Gasteiger charge is -2.12. The summed E-state index contributed by atoms with van der Waals surface area (Å²) in [7, 11) is 0. The zero-order chi connectivity index (χ0) is 12.1. The molecule has 1 aromatic rings. The molecule has 1 unspecified atom stereocenters. The molecule has 0 aliphatic rings. The third-order valence-corrected chi connectivity index (χ3v) is 2.62. The summed E-state index contributed by atoms with van der Waals surface area (Å²) < 4.78 is 4.81. The molecule has 0 aromatic heterocycles. The van der Waals surface area contributed by atoms with Gasteiger partial charge in [0.1, 0.15) is 0 Å². The van der Waals surface area contributed by atoms with E-state index >= 15 is 0 Å². The Morgan fingerprint density at radius 1 is 1.47 bits per heavy atom. The average molecular weight is 299 g/mol. The summed E-state index contributed by atoms with van der Waals surface area (Å²) in [5.74, 6) is -0.332. The smallest absolute Gasteiger partial charge is 0.307 e. The maximum Gasteiger partial charge on any atom is 0.307 e. The molecule has 0 aliphatic heterocycles. The van der Waals surface area contributed by atoms with Crippen LogP contribution in [0.4, 0.5) is 0 Å². The Bertz CT molecular complexity index is 385. The van der Waals surface area contributed by atoms with Gasteiger partial charge in [0.15, 0.2) is 0 Å². The van der Waals surface area contributed by atoms with Crippen LogP contribution in [-0.4, -0.2) is 12.6 Å². The third-order valence-electron chi connectivity index (χ3n) is 2.05. The molecule has 1 aromatic carbocycles. The predicted octanol–water partition coefficient (Wildman–Crippen LogP) is 3.37. The quantitative estimate of drug-likeness (QED) is 0.867. The maximum absolute atomic E-state index is 11.2. The molecule has 0 saturated carbocycles. The van der Waals surface area contributed by atoms with Gasteiger partial charge in [-0.2, -0.15) is 0 Å². The Morgan fingerprint density at radius 3 is 2.65 bits per heavy atom. The first-order valence-corrected chi connectivity index (χ1v) is 5.66. The minimum Gasteiger partial charge on any atom is -0.466 e. The summed E-state index contributed by atoms with van der Waals surface area (Å²) >= 11 is 11.7. The molecule has 0 aliphatic carbocycles. The lowest BCUT2D eigenvalue weighted by Crippen LogP contribution is -2.17. The Labute approximate surface area is 117 Å². The molecule has 2 N–H and O–H groups in total. The van der Waals surface area contributed by atoms with Crippen LogP contribution >= 0.6 is 35.6 Å². The van der Waals surface area contributed by atoms with E-state index in [1.54, 1.807) is 25.1 Å². The van der Waals surface area contributed by atoms with E-state index in [4.69, 9.17) is 33.7 Å². The molecule has 17 heavy (non-hydrogen) atoms. The van der Waals surface area contributed by atoms with Crippen LogP contribution in [0.2, 0.25) is 10.0 Å². The van der Waals surface area contributed by atoms with Crippen molar-refractivity contribution in [1.29, 1.82) is 0 Å². The van der Waals surface area contributed by atoms with Crippen molar-refractivity contribution in [2.24, 2.45) is 5.73 Å². The second-order valence-corrected chi connectivity index (χ2v) is 4.13. The van der Waals surface area contributed by atoms with Gasteiger partial charge in [-0.05, 0) is 24.6 Å². The zero-order valence-corrected chi connectivity index (χ0v) is 11.6. The molecular formula is C11H14Cl3NO2. The van der Waals surface area contributed by atoms with E-state index in [1.165, 1.54) is 0 Å². The number of benzene rings is 1. The van der Waals surface area contributed by atoms with Gasteiger partial charge in [-0.25, -0.2) is 0 Å². The summed E-state index contributed by atoms with van der Waals surface area (Å²) in [5.41, 5.74) is 6.54. The van der Waals surface area contributed by atoms with Crippen molar-refractivity contribution in [3.05, 3.63) is 33.8 Å². The van der Waals surface area contributed by atoms with Crippen molar-refractivity contribution in [3.63, 3.8) is 0 Å². The molecule has 6 heteroatoms. The molecule has 0 spiro atoms. The van der Waals surface area contributed by atoms with E-state index in [1.807, 2.05) is 0 Å². The third kappa shape index (κ3) is 5.13. The van der Waals surface area contributed by atoms with Gasteiger partial charge in [-0.15, -0.1) is 12.4 Å². The molecule has 1 atom stereocenters. The highest BCUT2D eigenvalue weighted by Gasteiger charge is 2.15. The molecule has 0 radical (unpaired) electrons. The Hall–Kier alpha value is -0.480. The first kappa shape index (κ1) is 16.5. The maximum atomic E-state index is 11.2. The van der Waals surface area contributed by atoms with Gasteiger partial charge >= 0.3 is 5.97 Å². The highest BCUT2D eigenvalue weighted by molar-refractivity contribution is 6.35. The van der Waals surface area contributed by atoms with Gasteiger partial charge in [0.25, 0.3) is 0 Å². The van der Waals surface area contributed by atoms with E-state index in [2.05, 4.69) is 0 Å². The van der Waals surface area contributed by atoms with Crippen LogP contribution in [0.25, 0.3) is 0 Å². The lowest BCUT2D eigenvalue weighted by molar-refractivity contribution is -0.143. The van der Waals surface area contributed by atoms with Crippen LogP contribution in [0.5, 0.6) is 0 Å². The fourth-order valence-electron chi connectivity index (χ4n) is 1.31. The molecule has 0 heterocycles. The first-order chi connectivity index (χ1) is 7.54. The van der Waals surface area contributed by atoms with Crippen LogP contribution in [0.1, 0.15) is 24.9 Å². The number of rotatable bonds is 4. The van der Waals surface area contributed by atoms with Crippen molar-refractivity contribution < 1.29 is 9.53 Å². The molecule has 0 bridgehead atoms. The number of carbonyl (C=O) groups is 1. The molecular weight excluding hydrogens is 284 g/mol. The topological polar surface area (TPSA) is 52.3 Å². The van der Waals surface area contributed by atoms with Gasteiger partial charge in [-0.3, -0.25) is 4.79 Å². The highest BCUT2D eigenvalue weighted by Crippen LogP contribution is 2.26. The standard InChI is InChI=1S/C11H13Cl2NO2.ClH/c1-2-16-11(15)6-10(14)8-4-3-7(12)5-9(8)13;/h3-5,10H,2,6,14H2,1H3;1H. The van der Waals surface area contributed by atoms with Gasteiger partial charge in [-0.1, -0.05) is 29.3 Å². The number of esters is 1. The van der Waals surface area contributed by atoms with Crippen molar-refractivity contribution >= 4 is 41.6 Å². The van der Waals surface area contributed by atoms with Gasteiger partial charge in [0, 0.05) is 16.1 Å². The second kappa shape index (κ2) is 7.77. The first-order valence-electron chi connectivity index (χ1n) is 4.90. The average Bonchev–Trinajstić information content (AvgIpc) is 2.17. The normalized spacial score (nSPS) is 11.5. The fraction of sp³-hybridized carbons (Fsp3) is 0.364. The molecule has 1 rings (SSSR count). The number of hydrogen-bond acceptors (Lipinski definition) is 3. The zero-order valence-electron chi connectivity index (χ0n) is 9.28. The highest BCUT2D eigenvalue weighted by atomic mass is 35.5. The molecule has 0 saturated heterocycles. The van der Waals surface area contributed by atoms with Crippen molar-refractivity contribution in [1.82, 2.24) is 0 Å². The minimum absolute atomic E-state index is 0. The van der Waals surface area contributed by atoms with E-state index in [0.29, 0.717) is 22.2 Å². The van der Waals surface area contributed by atoms with Gasteiger partial charge < -0.3 is 10.5 Å². The van der Waals surface area contributed by atoms with E-state index in [-0.39, 0.29) is 24.8 Å². The minimum atomic E-state index is -0.469. The largest absolute Gasteiger partial charge is 0.466 e. The predicted molar refractivity (Wildman–Crippen MR) is 71.9 cm³/mol. The number of carbonyl (C=O) groups excluding carboxylic acids is 1. The number of ether oxygens (including phenoxy) is 1. The molecule has 96 valence electrons. The second-order valence-electron chi connectivity index (χ2n) is 3.28. The lowest BCUT2D eigenvalue weighted by atomic mass is 10.1. The van der Waals surface area contributed by atoms with Gasteiger partial charge in [0.2, 0.25) is 0 Å². The summed E-state index contributed by atoms with van der Waals surface area (Å²) in [6.45, 7) is 2.10.